The summed E-state index contributed by atoms with van der Waals surface area (Å²) in [5.74, 6) is -1.00. The third-order valence-electron chi connectivity index (χ3n) is 2.40. The van der Waals surface area contributed by atoms with E-state index in [1.807, 2.05) is 0 Å². The summed E-state index contributed by atoms with van der Waals surface area (Å²) in [6.45, 7) is 3.38. The number of carbonyl (C=O) groups is 4. The van der Waals surface area contributed by atoms with Crippen LogP contribution in [0.5, 0.6) is 0 Å². The molecule has 1 aromatic rings. The molecule has 0 atom stereocenters. The first-order valence-corrected chi connectivity index (χ1v) is 5.74. The van der Waals surface area contributed by atoms with Crippen LogP contribution in [0.2, 0.25) is 0 Å². The maximum Gasteiger partial charge on any atom is 0.330 e. The van der Waals surface area contributed by atoms with Gasteiger partial charge in [-0.15, -0.1) is 0 Å². The summed E-state index contributed by atoms with van der Waals surface area (Å²) in [5, 5.41) is 2.51. The van der Waals surface area contributed by atoms with E-state index in [0.717, 1.165) is 6.08 Å². The highest BCUT2D eigenvalue weighted by Gasteiger charge is 2.09. The van der Waals surface area contributed by atoms with Gasteiger partial charge in [0, 0.05) is 22.8 Å². The van der Waals surface area contributed by atoms with E-state index >= 15 is 0 Å². The molecular weight excluding hydrogens is 262 g/mol. The van der Waals surface area contributed by atoms with Crippen molar-refractivity contribution in [2.24, 2.45) is 0 Å². The number of benzene rings is 1. The molecule has 104 valence electrons. The van der Waals surface area contributed by atoms with Crippen LogP contribution in [-0.2, 0) is 9.53 Å². The summed E-state index contributed by atoms with van der Waals surface area (Å²) in [6, 6.07) is 4.15. The van der Waals surface area contributed by atoms with Crippen LogP contribution in [-0.4, -0.2) is 37.6 Å². The normalized spacial score (nSPS) is 9.40. The average molecular weight is 275 g/mol. The Balaban J connectivity index is 2.59. The van der Waals surface area contributed by atoms with E-state index in [1.165, 1.54) is 18.2 Å². The fourth-order valence-corrected chi connectivity index (χ4v) is 1.40. The Labute approximate surface area is 115 Å². The molecule has 20 heavy (non-hydrogen) atoms. The van der Waals surface area contributed by atoms with Crippen LogP contribution >= 0.6 is 0 Å². The molecule has 0 saturated heterocycles. The van der Waals surface area contributed by atoms with E-state index in [1.54, 1.807) is 0 Å². The summed E-state index contributed by atoms with van der Waals surface area (Å²) in [4.78, 5) is 43.9. The van der Waals surface area contributed by atoms with E-state index in [4.69, 9.17) is 0 Å². The van der Waals surface area contributed by atoms with Gasteiger partial charge in [-0.2, -0.15) is 0 Å². The Morgan fingerprint density at radius 3 is 2.50 bits per heavy atom. The summed E-state index contributed by atoms with van der Waals surface area (Å²) >= 11 is 0. The molecule has 1 N–H and O–H groups in total. The van der Waals surface area contributed by atoms with Gasteiger partial charge in [-0.25, -0.2) is 4.79 Å². The molecule has 0 aliphatic heterocycles. The third-order valence-corrected chi connectivity index (χ3v) is 2.40. The Hall–Kier alpha value is -2.76. The van der Waals surface area contributed by atoms with Crippen LogP contribution in [0.3, 0.4) is 0 Å². The highest BCUT2D eigenvalue weighted by Crippen LogP contribution is 2.08. The zero-order chi connectivity index (χ0) is 15.0. The van der Waals surface area contributed by atoms with Gasteiger partial charge in [0.05, 0.1) is 6.54 Å². The second-order valence-electron chi connectivity index (χ2n) is 3.71. The van der Waals surface area contributed by atoms with E-state index in [-0.39, 0.29) is 29.8 Å². The maximum atomic E-state index is 11.8. The standard InChI is InChI=1S/C14H13NO5/c1-2-13(18)20-6-5-15-14(19)10-3-4-11(8-16)12(7-10)9-17/h2-4,7-9H,1,5-6H2,(H,15,19). The number of aldehydes is 2. The second-order valence-corrected chi connectivity index (χ2v) is 3.71. The number of esters is 1. The maximum absolute atomic E-state index is 11.8. The van der Waals surface area contributed by atoms with Crippen molar-refractivity contribution in [1.29, 1.82) is 0 Å². The van der Waals surface area contributed by atoms with Gasteiger partial charge in [0.2, 0.25) is 0 Å². The van der Waals surface area contributed by atoms with Crippen LogP contribution in [0.4, 0.5) is 0 Å². The van der Waals surface area contributed by atoms with Gasteiger partial charge in [0.25, 0.3) is 5.91 Å². The van der Waals surface area contributed by atoms with Crippen molar-refractivity contribution in [1.82, 2.24) is 5.32 Å². The molecule has 0 aliphatic rings. The lowest BCUT2D eigenvalue weighted by Gasteiger charge is -2.06. The smallest absolute Gasteiger partial charge is 0.330 e. The molecule has 0 aliphatic carbocycles. The van der Waals surface area contributed by atoms with E-state index in [9.17, 15) is 19.2 Å². The Bertz CT molecular complexity index is 550. The van der Waals surface area contributed by atoms with Gasteiger partial charge in [-0.1, -0.05) is 12.6 Å². The van der Waals surface area contributed by atoms with Crippen molar-refractivity contribution in [2.45, 2.75) is 0 Å². The number of rotatable bonds is 7. The molecular formula is C14H13NO5. The highest BCUT2D eigenvalue weighted by molar-refractivity contribution is 5.98. The number of hydrogen-bond acceptors (Lipinski definition) is 5. The lowest BCUT2D eigenvalue weighted by molar-refractivity contribution is -0.137. The minimum atomic E-state index is -0.571. The van der Waals surface area contributed by atoms with Crippen LogP contribution < -0.4 is 5.32 Å². The minimum Gasteiger partial charge on any atom is -0.461 e. The first-order chi connectivity index (χ1) is 9.62. The average Bonchev–Trinajstić information content (AvgIpc) is 2.50. The molecule has 0 unspecified atom stereocenters. The minimum absolute atomic E-state index is 0.0174. The molecule has 1 aromatic carbocycles. The monoisotopic (exact) mass is 275 g/mol. The Kier molecular flexibility index (Phi) is 5.83. The Morgan fingerprint density at radius 1 is 1.20 bits per heavy atom. The molecule has 1 rings (SSSR count). The lowest BCUT2D eigenvalue weighted by atomic mass is 10.1. The number of carbonyl (C=O) groups excluding carboxylic acids is 4. The molecule has 0 aromatic heterocycles. The van der Waals surface area contributed by atoms with E-state index < -0.39 is 11.9 Å². The molecule has 1 amide bonds. The van der Waals surface area contributed by atoms with Gasteiger partial charge in [-0.05, 0) is 12.1 Å². The summed E-state index contributed by atoms with van der Waals surface area (Å²) < 4.78 is 4.68. The number of ether oxygens (including phenoxy) is 1. The third kappa shape index (κ3) is 4.16. The molecule has 0 radical (unpaired) electrons. The first kappa shape index (κ1) is 15.3. The van der Waals surface area contributed by atoms with Crippen LogP contribution in [0.25, 0.3) is 0 Å². The largest absolute Gasteiger partial charge is 0.461 e. The SMILES string of the molecule is C=CC(=O)OCCNC(=O)c1ccc(C=O)c(C=O)c1. The van der Waals surface area contributed by atoms with Crippen molar-refractivity contribution in [3.8, 4) is 0 Å². The fraction of sp³-hybridized carbons (Fsp3) is 0.143. The van der Waals surface area contributed by atoms with Crippen molar-refractivity contribution < 1.29 is 23.9 Å². The van der Waals surface area contributed by atoms with Gasteiger partial charge in [-0.3, -0.25) is 14.4 Å². The number of nitrogens with one attached hydrogen (secondary N) is 1. The van der Waals surface area contributed by atoms with Gasteiger partial charge < -0.3 is 10.1 Å². The topological polar surface area (TPSA) is 89.5 Å². The molecule has 0 fully saturated rings. The van der Waals surface area contributed by atoms with Crippen LogP contribution in [0.15, 0.2) is 30.9 Å². The number of hydrogen-bond donors (Lipinski definition) is 1. The summed E-state index contributed by atoms with van der Waals surface area (Å²) in [6.07, 6.45) is 2.07. The zero-order valence-electron chi connectivity index (χ0n) is 10.6. The lowest BCUT2D eigenvalue weighted by Crippen LogP contribution is -2.28. The summed E-state index contributed by atoms with van der Waals surface area (Å²) in [7, 11) is 0. The van der Waals surface area contributed by atoms with Gasteiger partial charge in [0.15, 0.2) is 12.6 Å². The highest BCUT2D eigenvalue weighted by atomic mass is 16.5. The fourth-order valence-electron chi connectivity index (χ4n) is 1.40. The molecule has 0 heterocycles. The van der Waals surface area contributed by atoms with Crippen molar-refractivity contribution in [3.63, 3.8) is 0 Å². The quantitative estimate of drug-likeness (QED) is 0.343. The first-order valence-electron chi connectivity index (χ1n) is 5.74. The zero-order valence-corrected chi connectivity index (χ0v) is 10.6. The predicted octanol–water partition coefficient (Wildman–Crippen LogP) is 0.771. The number of amides is 1. The van der Waals surface area contributed by atoms with Crippen LogP contribution in [0.1, 0.15) is 31.1 Å². The molecule has 0 spiro atoms. The Morgan fingerprint density at radius 2 is 1.90 bits per heavy atom. The predicted molar refractivity (Wildman–Crippen MR) is 70.7 cm³/mol. The van der Waals surface area contributed by atoms with Gasteiger partial charge in [0.1, 0.15) is 6.61 Å². The molecule has 0 bridgehead atoms. The van der Waals surface area contributed by atoms with Crippen molar-refractivity contribution in [3.05, 3.63) is 47.5 Å². The summed E-state index contributed by atoms with van der Waals surface area (Å²) in [5.41, 5.74) is 0.606. The molecule has 6 heteroatoms. The van der Waals surface area contributed by atoms with E-state index in [0.29, 0.717) is 12.6 Å². The van der Waals surface area contributed by atoms with Crippen molar-refractivity contribution in [2.75, 3.05) is 13.2 Å². The van der Waals surface area contributed by atoms with Crippen LogP contribution in [0, 0.1) is 0 Å². The molecule has 0 saturated carbocycles. The van der Waals surface area contributed by atoms with Gasteiger partial charge >= 0.3 is 5.97 Å². The molecule has 6 nitrogen and oxygen atoms in total. The van der Waals surface area contributed by atoms with Crippen molar-refractivity contribution >= 4 is 24.4 Å². The van der Waals surface area contributed by atoms with E-state index in [2.05, 4.69) is 16.6 Å². The second kappa shape index (κ2) is 7.63.